The van der Waals surface area contributed by atoms with Gasteiger partial charge in [0.1, 0.15) is 18.3 Å². The van der Waals surface area contributed by atoms with E-state index in [2.05, 4.69) is 20.8 Å². The van der Waals surface area contributed by atoms with Gasteiger partial charge in [0.2, 0.25) is 0 Å². The van der Waals surface area contributed by atoms with E-state index in [0.29, 0.717) is 11.3 Å². The van der Waals surface area contributed by atoms with Crippen molar-refractivity contribution in [2.24, 2.45) is 22.7 Å². The number of aliphatic hydroxyl groups is 4. The van der Waals surface area contributed by atoms with E-state index < -0.39 is 35.8 Å². The third-order valence-corrected chi connectivity index (χ3v) is 9.33. The van der Waals surface area contributed by atoms with Crippen LogP contribution in [0.2, 0.25) is 0 Å². The van der Waals surface area contributed by atoms with Gasteiger partial charge in [0, 0.05) is 0 Å². The third kappa shape index (κ3) is 4.85. The van der Waals surface area contributed by atoms with Crippen LogP contribution in [0.4, 0.5) is 0 Å². The van der Waals surface area contributed by atoms with Gasteiger partial charge in [-0.05, 0) is 81.5 Å². The summed E-state index contributed by atoms with van der Waals surface area (Å²) in [5.74, 6) is 0.783. The Morgan fingerprint density at radius 2 is 1.71 bits per heavy atom. The minimum absolute atomic E-state index is 0.0607. The summed E-state index contributed by atoms with van der Waals surface area (Å²) in [4.78, 5) is 0. The van der Waals surface area contributed by atoms with Crippen LogP contribution < -0.4 is 0 Å². The smallest absolute Gasteiger partial charge is 0.186 e. The zero-order valence-corrected chi connectivity index (χ0v) is 20.4. The Balaban J connectivity index is 1.74. The molecule has 1 saturated heterocycles. The van der Waals surface area contributed by atoms with E-state index in [1.165, 1.54) is 12.8 Å². The van der Waals surface area contributed by atoms with Gasteiger partial charge in [-0.15, -0.1) is 0 Å². The predicted molar refractivity (Wildman–Crippen MR) is 119 cm³/mol. The van der Waals surface area contributed by atoms with E-state index in [1.807, 2.05) is 20.8 Å². The highest BCUT2D eigenvalue weighted by Crippen LogP contribution is 2.63. The normalized spacial score (nSPS) is 47.4. The van der Waals surface area contributed by atoms with Crippen molar-refractivity contribution < 1.29 is 29.9 Å². The first kappa shape index (κ1) is 25.4. The molecule has 9 atom stereocenters. The maximum Gasteiger partial charge on any atom is 0.186 e. The fourth-order valence-corrected chi connectivity index (χ4v) is 7.20. The van der Waals surface area contributed by atoms with Crippen LogP contribution in [0.5, 0.6) is 0 Å². The Morgan fingerprint density at radius 3 is 2.35 bits per heavy atom. The molecule has 6 nitrogen and oxygen atoms in total. The summed E-state index contributed by atoms with van der Waals surface area (Å²) in [6.07, 6.45) is 3.19. The van der Waals surface area contributed by atoms with Crippen molar-refractivity contribution in [3.63, 3.8) is 0 Å². The predicted octanol–water partition coefficient (Wildman–Crippen LogP) is 3.38. The molecule has 3 rings (SSSR count). The SMILES string of the molecule is CC[C@](C)(CC[C@@H]1[C@@]2(C)CCCC(C)(C)[C@@H]2CC[C@@]1(C)O)O[C@@H]1OC[C@@H](O)[C@@H](O)[C@H]1O. The molecule has 31 heavy (non-hydrogen) atoms. The zero-order chi connectivity index (χ0) is 23.2. The fraction of sp³-hybridized carbons (Fsp3) is 1.00. The van der Waals surface area contributed by atoms with Crippen molar-refractivity contribution in [3.8, 4) is 0 Å². The second-order valence-corrected chi connectivity index (χ2v) is 12.1. The van der Waals surface area contributed by atoms with Crippen LogP contribution in [-0.2, 0) is 9.47 Å². The zero-order valence-electron chi connectivity index (χ0n) is 20.4. The molecule has 0 unspecified atom stereocenters. The molecular weight excluding hydrogens is 396 g/mol. The van der Waals surface area contributed by atoms with Gasteiger partial charge in [0.15, 0.2) is 6.29 Å². The molecule has 3 fully saturated rings. The Bertz CT molecular complexity index is 621. The van der Waals surface area contributed by atoms with Gasteiger partial charge in [0.05, 0.1) is 17.8 Å². The molecular formula is C25H46O6. The summed E-state index contributed by atoms with van der Waals surface area (Å²) in [6, 6.07) is 0. The number of rotatable bonds is 6. The number of fused-ring (bicyclic) bond motifs is 1. The molecule has 0 radical (unpaired) electrons. The van der Waals surface area contributed by atoms with Crippen LogP contribution in [0.15, 0.2) is 0 Å². The molecule has 1 heterocycles. The topological polar surface area (TPSA) is 99.4 Å². The molecule has 1 aliphatic heterocycles. The Kier molecular flexibility index (Phi) is 7.24. The van der Waals surface area contributed by atoms with Crippen LogP contribution in [0, 0.1) is 22.7 Å². The van der Waals surface area contributed by atoms with Crippen molar-refractivity contribution in [1.82, 2.24) is 0 Å². The van der Waals surface area contributed by atoms with Crippen molar-refractivity contribution in [2.75, 3.05) is 6.61 Å². The molecule has 4 N–H and O–H groups in total. The molecule has 2 saturated carbocycles. The quantitative estimate of drug-likeness (QED) is 0.503. The van der Waals surface area contributed by atoms with Gasteiger partial charge in [-0.25, -0.2) is 0 Å². The second-order valence-electron chi connectivity index (χ2n) is 12.1. The van der Waals surface area contributed by atoms with E-state index >= 15 is 0 Å². The first-order valence-electron chi connectivity index (χ1n) is 12.3. The highest BCUT2D eigenvalue weighted by molar-refractivity contribution is 5.07. The summed E-state index contributed by atoms with van der Waals surface area (Å²) >= 11 is 0. The van der Waals surface area contributed by atoms with Crippen molar-refractivity contribution in [3.05, 3.63) is 0 Å². The van der Waals surface area contributed by atoms with E-state index in [4.69, 9.17) is 9.47 Å². The van der Waals surface area contributed by atoms with Crippen molar-refractivity contribution >= 4 is 0 Å². The average Bonchev–Trinajstić information content (AvgIpc) is 2.67. The standard InChI is InChI=1S/C25H46O6/c1-7-23(4,31-21-20(28)19(27)16(26)15-30-21)13-9-18-24(5)12-8-11-22(2,3)17(24)10-14-25(18,6)29/h16-21,26-29H,7-15H2,1-6H3/t16-,17+,18-,19-,20-,21+,23-,24+,25-/m1/s1. The average molecular weight is 443 g/mol. The van der Waals surface area contributed by atoms with E-state index in [1.54, 1.807) is 0 Å². The van der Waals surface area contributed by atoms with Gasteiger partial charge >= 0.3 is 0 Å². The second kappa shape index (κ2) is 8.84. The highest BCUT2D eigenvalue weighted by atomic mass is 16.7. The Morgan fingerprint density at radius 1 is 1.03 bits per heavy atom. The highest BCUT2D eigenvalue weighted by Gasteiger charge is 2.58. The van der Waals surface area contributed by atoms with Crippen LogP contribution in [0.25, 0.3) is 0 Å². The van der Waals surface area contributed by atoms with Gasteiger partial charge in [0.25, 0.3) is 0 Å². The minimum atomic E-state index is -1.28. The lowest BCUT2D eigenvalue weighted by molar-refractivity contribution is -0.301. The Hall–Kier alpha value is -0.240. The molecule has 2 aliphatic carbocycles. The molecule has 0 aromatic rings. The van der Waals surface area contributed by atoms with Gasteiger partial charge in [-0.1, -0.05) is 34.1 Å². The van der Waals surface area contributed by atoms with Crippen LogP contribution in [-0.4, -0.2) is 62.8 Å². The molecule has 182 valence electrons. The Labute approximate surface area is 188 Å². The maximum atomic E-state index is 11.4. The van der Waals surface area contributed by atoms with Gasteiger partial charge in [-0.2, -0.15) is 0 Å². The van der Waals surface area contributed by atoms with E-state index in [9.17, 15) is 20.4 Å². The molecule has 0 aromatic carbocycles. The number of ether oxygens (including phenoxy) is 2. The summed E-state index contributed by atoms with van der Waals surface area (Å²) in [6.45, 7) is 13.2. The van der Waals surface area contributed by atoms with Crippen LogP contribution in [0.3, 0.4) is 0 Å². The summed E-state index contributed by atoms with van der Waals surface area (Å²) in [5, 5.41) is 41.5. The third-order valence-electron chi connectivity index (χ3n) is 9.33. The lowest BCUT2D eigenvalue weighted by Crippen LogP contribution is -2.58. The maximum absolute atomic E-state index is 11.4. The molecule has 0 bridgehead atoms. The first-order valence-corrected chi connectivity index (χ1v) is 12.3. The van der Waals surface area contributed by atoms with Crippen molar-refractivity contribution in [1.29, 1.82) is 0 Å². The lowest BCUT2D eigenvalue weighted by atomic mass is 9.45. The van der Waals surface area contributed by atoms with Gasteiger partial charge < -0.3 is 29.9 Å². The molecule has 0 spiro atoms. The van der Waals surface area contributed by atoms with Gasteiger partial charge in [-0.3, -0.25) is 0 Å². The molecule has 0 amide bonds. The summed E-state index contributed by atoms with van der Waals surface area (Å²) < 4.78 is 11.7. The lowest BCUT2D eigenvalue weighted by Gasteiger charge is -2.61. The largest absolute Gasteiger partial charge is 0.390 e. The van der Waals surface area contributed by atoms with E-state index in [0.717, 1.165) is 38.5 Å². The molecule has 0 aromatic heterocycles. The summed E-state index contributed by atoms with van der Waals surface area (Å²) in [7, 11) is 0. The van der Waals surface area contributed by atoms with E-state index in [-0.39, 0.29) is 17.9 Å². The number of hydrogen-bond donors (Lipinski definition) is 4. The van der Waals surface area contributed by atoms with Crippen LogP contribution in [0.1, 0.15) is 92.9 Å². The minimum Gasteiger partial charge on any atom is -0.390 e. The fourth-order valence-electron chi connectivity index (χ4n) is 7.20. The summed E-state index contributed by atoms with van der Waals surface area (Å²) in [5.41, 5.74) is -0.867. The number of hydrogen-bond acceptors (Lipinski definition) is 6. The first-order chi connectivity index (χ1) is 14.3. The monoisotopic (exact) mass is 442 g/mol. The van der Waals surface area contributed by atoms with Crippen LogP contribution >= 0.6 is 0 Å². The van der Waals surface area contributed by atoms with Crippen molar-refractivity contribution in [2.45, 2.75) is 129 Å². The molecule has 6 heteroatoms. The molecule has 3 aliphatic rings. The number of aliphatic hydroxyl groups excluding tert-OH is 3.